The second kappa shape index (κ2) is 6.35. The highest BCUT2D eigenvalue weighted by Crippen LogP contribution is 2.32. The second-order valence-electron chi connectivity index (χ2n) is 6.38. The van der Waals surface area contributed by atoms with E-state index in [9.17, 15) is 9.50 Å². The van der Waals surface area contributed by atoms with Crippen LogP contribution in [-0.2, 0) is 5.60 Å². The number of aromatic nitrogens is 3. The number of para-hydroxylation sites is 1. The van der Waals surface area contributed by atoms with Gasteiger partial charge in [-0.3, -0.25) is 4.98 Å². The number of benzene rings is 2. The molecule has 130 valence electrons. The fourth-order valence-corrected chi connectivity index (χ4v) is 3.12. The molecule has 0 saturated heterocycles. The van der Waals surface area contributed by atoms with E-state index in [-0.39, 0.29) is 0 Å². The molecule has 0 fully saturated rings. The zero-order chi connectivity index (χ0) is 18.1. The third-order valence-corrected chi connectivity index (χ3v) is 4.58. The highest BCUT2D eigenvalue weighted by Gasteiger charge is 2.33. The van der Waals surface area contributed by atoms with Crippen molar-refractivity contribution in [1.82, 2.24) is 14.8 Å². The van der Waals surface area contributed by atoms with Crippen molar-refractivity contribution in [3.8, 4) is 5.69 Å². The van der Waals surface area contributed by atoms with Crippen LogP contribution in [0.25, 0.3) is 16.6 Å². The highest BCUT2D eigenvalue weighted by molar-refractivity contribution is 5.81. The molecule has 5 heteroatoms. The van der Waals surface area contributed by atoms with Gasteiger partial charge in [0.05, 0.1) is 23.1 Å². The van der Waals surface area contributed by atoms with Crippen molar-refractivity contribution >= 4 is 10.9 Å². The minimum absolute atomic E-state index is 0.301. The third kappa shape index (κ3) is 2.66. The Kier molecular flexibility index (Phi) is 4.01. The topological polar surface area (TPSA) is 50.9 Å². The number of halogens is 1. The summed E-state index contributed by atoms with van der Waals surface area (Å²) in [6.45, 7) is 0.929. The van der Waals surface area contributed by atoms with Gasteiger partial charge in [-0.1, -0.05) is 24.3 Å². The normalized spacial score (nSPS) is 13.7. The Labute approximate surface area is 150 Å². The lowest BCUT2D eigenvalue weighted by atomic mass is 9.90. The SMILES string of the molecule is Cc1ccnc(C(O)(CF)c2ccc3c(cnn3-c3ccccc3)c2)c1. The van der Waals surface area contributed by atoms with Gasteiger partial charge in [0, 0.05) is 11.6 Å². The number of nitrogens with zero attached hydrogens (tertiary/aromatic N) is 3. The van der Waals surface area contributed by atoms with Crippen LogP contribution >= 0.6 is 0 Å². The monoisotopic (exact) mass is 347 g/mol. The van der Waals surface area contributed by atoms with Gasteiger partial charge in [0.1, 0.15) is 6.67 Å². The summed E-state index contributed by atoms with van der Waals surface area (Å²) in [5.74, 6) is 0. The largest absolute Gasteiger partial charge is 0.376 e. The molecular weight excluding hydrogens is 329 g/mol. The van der Waals surface area contributed by atoms with E-state index in [4.69, 9.17) is 0 Å². The van der Waals surface area contributed by atoms with E-state index >= 15 is 0 Å². The number of hydrogen-bond acceptors (Lipinski definition) is 3. The predicted octanol–water partition coefficient (Wildman–Crippen LogP) is 3.93. The maximum Gasteiger partial charge on any atom is 0.160 e. The van der Waals surface area contributed by atoms with E-state index in [2.05, 4.69) is 10.1 Å². The average Bonchev–Trinajstić information content (AvgIpc) is 3.11. The van der Waals surface area contributed by atoms with E-state index in [0.29, 0.717) is 11.3 Å². The first kappa shape index (κ1) is 16.4. The summed E-state index contributed by atoms with van der Waals surface area (Å²) >= 11 is 0. The van der Waals surface area contributed by atoms with Crippen LogP contribution in [0.4, 0.5) is 4.39 Å². The molecule has 0 bridgehead atoms. The van der Waals surface area contributed by atoms with Crippen LogP contribution in [0.15, 0.2) is 73.1 Å². The van der Waals surface area contributed by atoms with Gasteiger partial charge < -0.3 is 5.11 Å². The molecule has 0 amide bonds. The molecule has 2 aromatic heterocycles. The Hall–Kier alpha value is -3.05. The Morgan fingerprint density at radius 2 is 1.88 bits per heavy atom. The molecule has 0 aliphatic rings. The van der Waals surface area contributed by atoms with E-state index < -0.39 is 12.3 Å². The van der Waals surface area contributed by atoms with E-state index in [1.807, 2.05) is 54.1 Å². The van der Waals surface area contributed by atoms with Gasteiger partial charge in [-0.05, 0) is 54.4 Å². The predicted molar refractivity (Wildman–Crippen MR) is 99.0 cm³/mol. The van der Waals surface area contributed by atoms with Crippen molar-refractivity contribution in [3.05, 3.63) is 89.9 Å². The molecule has 4 nitrogen and oxygen atoms in total. The maximum atomic E-state index is 13.9. The first-order valence-corrected chi connectivity index (χ1v) is 8.37. The molecule has 0 spiro atoms. The van der Waals surface area contributed by atoms with Gasteiger partial charge in [-0.2, -0.15) is 5.10 Å². The zero-order valence-electron chi connectivity index (χ0n) is 14.3. The molecule has 1 atom stereocenters. The number of fused-ring (bicyclic) bond motifs is 1. The van der Waals surface area contributed by atoms with E-state index in [1.165, 1.54) is 0 Å². The van der Waals surface area contributed by atoms with Gasteiger partial charge in [0.2, 0.25) is 0 Å². The van der Waals surface area contributed by atoms with Crippen LogP contribution in [0.1, 0.15) is 16.8 Å². The Morgan fingerprint density at radius 3 is 2.62 bits per heavy atom. The Morgan fingerprint density at radius 1 is 1.08 bits per heavy atom. The smallest absolute Gasteiger partial charge is 0.160 e. The average molecular weight is 347 g/mol. The summed E-state index contributed by atoms with van der Waals surface area (Å²) < 4.78 is 15.7. The quantitative estimate of drug-likeness (QED) is 0.608. The summed E-state index contributed by atoms with van der Waals surface area (Å²) in [7, 11) is 0. The molecule has 2 heterocycles. The lowest BCUT2D eigenvalue weighted by Gasteiger charge is -2.25. The fraction of sp³-hybridized carbons (Fsp3) is 0.143. The summed E-state index contributed by atoms with van der Waals surface area (Å²) in [5, 5.41) is 16.3. The number of hydrogen-bond donors (Lipinski definition) is 1. The highest BCUT2D eigenvalue weighted by atomic mass is 19.1. The van der Waals surface area contributed by atoms with Crippen LogP contribution in [0.2, 0.25) is 0 Å². The van der Waals surface area contributed by atoms with Crippen molar-refractivity contribution in [2.75, 3.05) is 6.67 Å². The van der Waals surface area contributed by atoms with Crippen molar-refractivity contribution in [3.63, 3.8) is 0 Å². The van der Waals surface area contributed by atoms with Gasteiger partial charge in [0.15, 0.2) is 5.60 Å². The molecule has 1 N–H and O–H groups in total. The molecular formula is C21H18FN3O. The van der Waals surface area contributed by atoms with E-state index in [0.717, 1.165) is 22.2 Å². The number of rotatable bonds is 4. The lowest BCUT2D eigenvalue weighted by Crippen LogP contribution is -2.31. The minimum atomic E-state index is -1.78. The van der Waals surface area contributed by atoms with Crippen molar-refractivity contribution in [1.29, 1.82) is 0 Å². The van der Waals surface area contributed by atoms with E-state index in [1.54, 1.807) is 30.6 Å². The number of aliphatic hydroxyl groups is 1. The van der Waals surface area contributed by atoms with Gasteiger partial charge >= 0.3 is 0 Å². The fourth-order valence-electron chi connectivity index (χ4n) is 3.12. The molecule has 26 heavy (non-hydrogen) atoms. The lowest BCUT2D eigenvalue weighted by molar-refractivity contribution is 0.0477. The summed E-state index contributed by atoms with van der Waals surface area (Å²) in [6, 6.07) is 18.6. The number of aryl methyl sites for hydroxylation is 1. The molecule has 4 rings (SSSR count). The standard InChI is InChI=1S/C21H18FN3O/c1-15-9-10-23-20(11-15)21(26,14-22)17-7-8-19-16(12-17)13-24-25(19)18-5-3-2-4-6-18/h2-13,26H,14H2,1H3. The number of pyridine rings is 1. The molecule has 0 saturated carbocycles. The molecule has 0 radical (unpaired) electrons. The number of alkyl halides is 1. The van der Waals surface area contributed by atoms with Crippen molar-refractivity contribution in [2.24, 2.45) is 0 Å². The van der Waals surface area contributed by atoms with Gasteiger partial charge in [-0.15, -0.1) is 0 Å². The van der Waals surface area contributed by atoms with Crippen LogP contribution in [0.3, 0.4) is 0 Å². The molecule has 2 aromatic carbocycles. The summed E-state index contributed by atoms with van der Waals surface area (Å²) in [4.78, 5) is 4.18. The molecule has 0 aliphatic heterocycles. The summed E-state index contributed by atoms with van der Waals surface area (Å²) in [6.07, 6.45) is 3.30. The third-order valence-electron chi connectivity index (χ3n) is 4.58. The second-order valence-corrected chi connectivity index (χ2v) is 6.38. The van der Waals surface area contributed by atoms with Crippen LogP contribution in [0.5, 0.6) is 0 Å². The summed E-state index contributed by atoms with van der Waals surface area (Å²) in [5.41, 5.74) is 1.72. The molecule has 0 aliphatic carbocycles. The first-order chi connectivity index (χ1) is 12.6. The minimum Gasteiger partial charge on any atom is -0.376 e. The van der Waals surface area contributed by atoms with Gasteiger partial charge in [0.25, 0.3) is 0 Å². The zero-order valence-corrected chi connectivity index (χ0v) is 14.3. The molecule has 4 aromatic rings. The molecule has 1 unspecified atom stereocenters. The van der Waals surface area contributed by atoms with Crippen LogP contribution < -0.4 is 0 Å². The van der Waals surface area contributed by atoms with Crippen molar-refractivity contribution < 1.29 is 9.50 Å². The Bertz CT molecular complexity index is 1060. The van der Waals surface area contributed by atoms with Crippen LogP contribution in [0, 0.1) is 6.92 Å². The van der Waals surface area contributed by atoms with Crippen molar-refractivity contribution in [2.45, 2.75) is 12.5 Å². The van der Waals surface area contributed by atoms with Gasteiger partial charge in [-0.25, -0.2) is 9.07 Å². The first-order valence-electron chi connectivity index (χ1n) is 8.37. The maximum absolute atomic E-state index is 13.9. The van der Waals surface area contributed by atoms with Crippen LogP contribution in [-0.4, -0.2) is 26.5 Å². The Balaban J connectivity index is 1.82.